The number of carbonyl (C=O) groups is 1. The van der Waals surface area contributed by atoms with Gasteiger partial charge >= 0.3 is 11.8 Å². The van der Waals surface area contributed by atoms with Crippen molar-refractivity contribution in [1.82, 2.24) is 44.4 Å². The van der Waals surface area contributed by atoms with Gasteiger partial charge in [-0.05, 0) is 50.8 Å². The molecule has 44 heavy (non-hydrogen) atoms. The van der Waals surface area contributed by atoms with Crippen molar-refractivity contribution in [3.63, 3.8) is 0 Å². The average molecular weight is 595 g/mol. The van der Waals surface area contributed by atoms with Gasteiger partial charge in [-0.3, -0.25) is 13.9 Å². The lowest BCUT2D eigenvalue weighted by molar-refractivity contribution is 0.166. The van der Waals surface area contributed by atoms with E-state index in [0.29, 0.717) is 30.7 Å². The second kappa shape index (κ2) is 10.5. The number of nitrogens with zero attached hydrogens (tertiary/aromatic N) is 7. The highest BCUT2D eigenvalue weighted by atomic mass is 16.5. The molecule has 0 spiro atoms. The first-order valence-electron chi connectivity index (χ1n) is 14.7. The summed E-state index contributed by atoms with van der Waals surface area (Å²) >= 11 is 0. The Morgan fingerprint density at radius 2 is 1.98 bits per heavy atom. The maximum atomic E-state index is 13.8. The van der Waals surface area contributed by atoms with Crippen molar-refractivity contribution in [2.45, 2.75) is 51.2 Å². The second-order valence-corrected chi connectivity index (χ2v) is 11.6. The van der Waals surface area contributed by atoms with Crippen LogP contribution in [0.2, 0.25) is 0 Å². The smallest absolute Gasteiger partial charge is 0.407 e. The summed E-state index contributed by atoms with van der Waals surface area (Å²) in [6, 6.07) is 6.24. The number of alkyl carbamates (subject to hydrolysis) is 1. The number of aryl methyl sites for hydroxylation is 1. The zero-order valence-electron chi connectivity index (χ0n) is 25.3. The molecule has 7 rings (SSSR count). The van der Waals surface area contributed by atoms with Crippen LogP contribution >= 0.6 is 0 Å². The summed E-state index contributed by atoms with van der Waals surface area (Å²) in [4.78, 5) is 38.6. The van der Waals surface area contributed by atoms with Crippen LogP contribution in [0.1, 0.15) is 45.2 Å². The lowest BCUT2D eigenvalue weighted by atomic mass is 9.97. The standard InChI is InChI=1S/C31H34N10O3/c1-16(2)41-23-9-6-17(10-18(23)12-35-41)24-25-27-22(14-33-29(25)37-26(24)19-13-34-39(4)15-19)28(32-3)38-30(42)40(27)21-8-7-20(11-21)36-31(43)44-5/h6,9-10,12-16,20-21H,7-8,11H2,1-5H3,(H,33,37)(H,36,43)(H,32,38,42)/t20-,21-/m1/s1. The van der Waals surface area contributed by atoms with Crippen LogP contribution in [-0.2, 0) is 11.8 Å². The Hall–Kier alpha value is -5.20. The molecule has 2 atom stereocenters. The van der Waals surface area contributed by atoms with Crippen molar-refractivity contribution < 1.29 is 9.53 Å². The summed E-state index contributed by atoms with van der Waals surface area (Å²) < 4.78 is 10.4. The molecular weight excluding hydrogens is 560 g/mol. The van der Waals surface area contributed by atoms with Gasteiger partial charge in [-0.15, -0.1) is 0 Å². The topological polar surface area (TPSA) is 150 Å². The van der Waals surface area contributed by atoms with Crippen LogP contribution in [0.25, 0.3) is 55.2 Å². The molecule has 226 valence electrons. The van der Waals surface area contributed by atoms with Gasteiger partial charge in [0.15, 0.2) is 0 Å². The van der Waals surface area contributed by atoms with E-state index in [4.69, 9.17) is 9.72 Å². The fourth-order valence-corrected chi connectivity index (χ4v) is 6.62. The van der Waals surface area contributed by atoms with Crippen LogP contribution in [0.4, 0.5) is 10.6 Å². The largest absolute Gasteiger partial charge is 0.453 e. The van der Waals surface area contributed by atoms with E-state index in [1.54, 1.807) is 22.5 Å². The SMILES string of the molecule is CNc1nc(=O)n([C@@H]2CC[C@@H](NC(=O)OC)C2)c2c1cnc1[nH]c(-c3cnn(C)c3)c(-c3ccc4c(cnn4C(C)C)c3)c12. The molecule has 6 aromatic rings. The van der Waals surface area contributed by atoms with Gasteiger partial charge in [0.1, 0.15) is 11.5 Å². The number of methoxy groups -OCH3 is 1. The fraction of sp³-hybridized carbons (Fsp3) is 0.355. The van der Waals surface area contributed by atoms with E-state index < -0.39 is 6.09 Å². The first-order valence-corrected chi connectivity index (χ1v) is 14.7. The van der Waals surface area contributed by atoms with Gasteiger partial charge in [0.25, 0.3) is 0 Å². The fourth-order valence-electron chi connectivity index (χ4n) is 6.62. The summed E-state index contributed by atoms with van der Waals surface area (Å²) in [5.74, 6) is 0.460. The van der Waals surface area contributed by atoms with Crippen LogP contribution in [0.3, 0.4) is 0 Å². The lowest BCUT2D eigenvalue weighted by Gasteiger charge is -2.20. The van der Waals surface area contributed by atoms with Gasteiger partial charge < -0.3 is 20.4 Å². The highest BCUT2D eigenvalue weighted by molar-refractivity contribution is 6.16. The molecular formula is C31H34N10O3. The minimum Gasteiger partial charge on any atom is -0.453 e. The van der Waals surface area contributed by atoms with Gasteiger partial charge in [0.05, 0.1) is 47.0 Å². The minimum atomic E-state index is -0.478. The summed E-state index contributed by atoms with van der Waals surface area (Å²) in [5.41, 5.74) is 5.68. The van der Waals surface area contributed by atoms with Gasteiger partial charge in [0, 0.05) is 61.1 Å². The predicted molar refractivity (Wildman–Crippen MR) is 169 cm³/mol. The van der Waals surface area contributed by atoms with E-state index in [9.17, 15) is 9.59 Å². The third kappa shape index (κ3) is 4.38. The molecule has 5 aromatic heterocycles. The van der Waals surface area contributed by atoms with Crippen LogP contribution in [0.15, 0.2) is 47.8 Å². The van der Waals surface area contributed by atoms with Crippen molar-refractivity contribution in [3.05, 3.63) is 53.5 Å². The monoisotopic (exact) mass is 594 g/mol. The van der Waals surface area contributed by atoms with Crippen molar-refractivity contribution in [1.29, 1.82) is 0 Å². The van der Waals surface area contributed by atoms with E-state index >= 15 is 0 Å². The molecule has 0 bridgehead atoms. The number of fused-ring (bicyclic) bond motifs is 4. The average Bonchev–Trinajstić information content (AvgIpc) is 3.81. The van der Waals surface area contributed by atoms with Crippen molar-refractivity contribution in [3.8, 4) is 22.4 Å². The predicted octanol–water partition coefficient (Wildman–Crippen LogP) is 4.76. The third-order valence-electron chi connectivity index (χ3n) is 8.59. The number of hydrogen-bond acceptors (Lipinski definition) is 8. The Labute approximate surface area is 252 Å². The molecule has 1 fully saturated rings. The number of nitrogens with one attached hydrogen (secondary N) is 3. The van der Waals surface area contributed by atoms with Gasteiger partial charge in [0.2, 0.25) is 0 Å². The Balaban J connectivity index is 1.54. The zero-order valence-corrected chi connectivity index (χ0v) is 25.3. The molecule has 0 unspecified atom stereocenters. The molecule has 1 saturated carbocycles. The van der Waals surface area contributed by atoms with E-state index in [0.717, 1.165) is 49.6 Å². The Kier molecular flexibility index (Phi) is 6.60. The molecule has 5 heterocycles. The number of carbonyl (C=O) groups excluding carboxylic acids is 1. The highest BCUT2D eigenvalue weighted by Gasteiger charge is 2.32. The number of benzene rings is 1. The van der Waals surface area contributed by atoms with Crippen LogP contribution in [-0.4, -0.2) is 65.4 Å². The Bertz CT molecular complexity index is 2120. The van der Waals surface area contributed by atoms with E-state index in [2.05, 4.69) is 62.8 Å². The molecule has 1 aromatic carbocycles. The van der Waals surface area contributed by atoms with Gasteiger partial charge in [-0.25, -0.2) is 14.6 Å². The molecule has 13 heteroatoms. The number of ether oxygens (including phenoxy) is 1. The van der Waals surface area contributed by atoms with E-state index in [1.807, 2.05) is 30.3 Å². The highest BCUT2D eigenvalue weighted by Crippen LogP contribution is 2.43. The van der Waals surface area contributed by atoms with Crippen molar-refractivity contribution in [2.24, 2.45) is 7.05 Å². The number of pyridine rings is 1. The molecule has 0 aliphatic heterocycles. The summed E-state index contributed by atoms with van der Waals surface area (Å²) in [6.07, 6.45) is 8.93. The lowest BCUT2D eigenvalue weighted by Crippen LogP contribution is -2.34. The van der Waals surface area contributed by atoms with E-state index in [-0.39, 0.29) is 23.8 Å². The molecule has 13 nitrogen and oxygen atoms in total. The number of H-pyrrole nitrogens is 1. The zero-order chi connectivity index (χ0) is 30.7. The maximum absolute atomic E-state index is 13.8. The van der Waals surface area contributed by atoms with Crippen LogP contribution in [0, 0.1) is 0 Å². The Morgan fingerprint density at radius 3 is 2.70 bits per heavy atom. The minimum absolute atomic E-state index is 0.118. The molecule has 3 N–H and O–H groups in total. The maximum Gasteiger partial charge on any atom is 0.407 e. The first-order chi connectivity index (χ1) is 21.3. The molecule has 0 saturated heterocycles. The summed E-state index contributed by atoms with van der Waals surface area (Å²) in [7, 11) is 4.98. The van der Waals surface area contributed by atoms with Gasteiger partial charge in [-0.1, -0.05) is 6.07 Å². The number of hydrogen-bond donors (Lipinski definition) is 3. The number of anilines is 1. The van der Waals surface area contributed by atoms with Crippen LogP contribution in [0.5, 0.6) is 0 Å². The number of amides is 1. The first kappa shape index (κ1) is 27.6. The summed E-state index contributed by atoms with van der Waals surface area (Å²) in [6.45, 7) is 4.22. The van der Waals surface area contributed by atoms with Crippen LogP contribution < -0.4 is 16.3 Å². The van der Waals surface area contributed by atoms with Crippen molar-refractivity contribution in [2.75, 3.05) is 19.5 Å². The molecule has 1 aliphatic carbocycles. The number of aromatic nitrogens is 8. The number of rotatable bonds is 6. The Morgan fingerprint density at radius 1 is 1.14 bits per heavy atom. The summed E-state index contributed by atoms with van der Waals surface area (Å²) in [5, 5.41) is 17.6. The second-order valence-electron chi connectivity index (χ2n) is 11.6. The third-order valence-corrected chi connectivity index (χ3v) is 8.59. The normalized spacial score (nSPS) is 16.9. The quantitative estimate of drug-likeness (QED) is 0.250. The van der Waals surface area contributed by atoms with Gasteiger partial charge in [-0.2, -0.15) is 15.2 Å². The van der Waals surface area contributed by atoms with E-state index in [1.165, 1.54) is 7.11 Å². The number of aromatic amines is 1. The van der Waals surface area contributed by atoms with Crippen molar-refractivity contribution >= 4 is 44.8 Å². The molecule has 0 radical (unpaired) electrons. The molecule has 1 aliphatic rings. The molecule has 1 amide bonds.